The molecule has 0 amide bonds. The van der Waals surface area contributed by atoms with E-state index in [-0.39, 0.29) is 29.7 Å². The van der Waals surface area contributed by atoms with Gasteiger partial charge in [0.25, 0.3) is 0 Å². The van der Waals surface area contributed by atoms with Gasteiger partial charge in [0.1, 0.15) is 0 Å². The molecule has 2 aliphatic heterocycles. The standard InChI is InChI=1S/C18H27N3O3.HI/c1-3-19-17(21-9-7-18(12-21)8-10-24-13-18)20-11-14-5-4-6-15(23-2)16(14)22;/h4-6,22H,3,7-13H2,1-2H3,(H,19,20);1H. The fraction of sp³-hybridized carbons (Fsp3) is 0.611. The van der Waals surface area contributed by atoms with Crippen molar-refractivity contribution in [2.75, 3.05) is 40.0 Å². The predicted molar refractivity (Wildman–Crippen MR) is 109 cm³/mol. The van der Waals surface area contributed by atoms with Crippen molar-refractivity contribution in [2.45, 2.75) is 26.3 Å². The van der Waals surface area contributed by atoms with Crippen molar-refractivity contribution < 1.29 is 14.6 Å². The average Bonchev–Trinajstić information content (AvgIpc) is 3.23. The number of likely N-dealkylation sites (tertiary alicyclic amines) is 1. The molecule has 0 aliphatic carbocycles. The van der Waals surface area contributed by atoms with Gasteiger partial charge in [-0.3, -0.25) is 0 Å². The van der Waals surface area contributed by atoms with E-state index in [1.54, 1.807) is 13.2 Å². The highest BCUT2D eigenvalue weighted by Crippen LogP contribution is 2.38. The highest BCUT2D eigenvalue weighted by molar-refractivity contribution is 14.0. The molecule has 0 aromatic heterocycles. The summed E-state index contributed by atoms with van der Waals surface area (Å²) in [5.74, 6) is 1.56. The summed E-state index contributed by atoms with van der Waals surface area (Å²) in [5, 5.41) is 13.6. The number of guanidine groups is 1. The second-order valence-corrected chi connectivity index (χ2v) is 6.61. The van der Waals surface area contributed by atoms with Crippen molar-refractivity contribution in [1.29, 1.82) is 0 Å². The fourth-order valence-corrected chi connectivity index (χ4v) is 3.53. The monoisotopic (exact) mass is 461 g/mol. The van der Waals surface area contributed by atoms with Gasteiger partial charge in [0, 0.05) is 37.2 Å². The Balaban J connectivity index is 0.00000225. The van der Waals surface area contributed by atoms with Crippen LogP contribution in [-0.4, -0.2) is 55.9 Å². The van der Waals surface area contributed by atoms with Gasteiger partial charge in [-0.2, -0.15) is 0 Å². The summed E-state index contributed by atoms with van der Waals surface area (Å²) in [7, 11) is 1.56. The number of hydrogen-bond acceptors (Lipinski definition) is 4. The SMILES string of the molecule is CCNC(=NCc1cccc(OC)c1O)N1CCC2(CCOC2)C1.I. The molecule has 6 nitrogen and oxygen atoms in total. The van der Waals surface area contributed by atoms with Gasteiger partial charge >= 0.3 is 0 Å². The lowest BCUT2D eigenvalue weighted by Crippen LogP contribution is -2.41. The molecule has 1 aromatic carbocycles. The molecule has 1 unspecified atom stereocenters. The van der Waals surface area contributed by atoms with Crippen molar-refractivity contribution in [3.05, 3.63) is 23.8 Å². The first-order valence-corrected chi connectivity index (χ1v) is 8.63. The zero-order valence-electron chi connectivity index (χ0n) is 15.0. The van der Waals surface area contributed by atoms with Crippen LogP contribution < -0.4 is 10.1 Å². The maximum absolute atomic E-state index is 10.2. The Kier molecular flexibility index (Phi) is 7.18. The summed E-state index contributed by atoms with van der Waals surface area (Å²) >= 11 is 0. The Morgan fingerprint density at radius 2 is 2.28 bits per heavy atom. The Hall–Kier alpha value is -1.22. The third kappa shape index (κ3) is 4.49. The maximum Gasteiger partial charge on any atom is 0.194 e. The molecule has 3 rings (SSSR count). The van der Waals surface area contributed by atoms with Crippen LogP contribution in [0.5, 0.6) is 11.5 Å². The molecule has 0 saturated carbocycles. The number of aliphatic imine (C=N–C) groups is 1. The third-order valence-corrected chi connectivity index (χ3v) is 4.96. The second kappa shape index (κ2) is 8.93. The fourth-order valence-electron chi connectivity index (χ4n) is 3.53. The van der Waals surface area contributed by atoms with Crippen LogP contribution in [0.2, 0.25) is 0 Å². The molecule has 2 saturated heterocycles. The second-order valence-electron chi connectivity index (χ2n) is 6.61. The van der Waals surface area contributed by atoms with Crippen LogP contribution in [0.25, 0.3) is 0 Å². The molecular formula is C18H28IN3O3. The Bertz CT molecular complexity index is 603. The number of phenols is 1. The average molecular weight is 461 g/mol. The number of rotatable bonds is 4. The zero-order valence-corrected chi connectivity index (χ0v) is 17.3. The molecule has 1 aromatic rings. The molecule has 0 bridgehead atoms. The molecule has 25 heavy (non-hydrogen) atoms. The van der Waals surface area contributed by atoms with E-state index >= 15 is 0 Å². The Labute approximate surface area is 166 Å². The van der Waals surface area contributed by atoms with Gasteiger partial charge in [-0.1, -0.05) is 12.1 Å². The van der Waals surface area contributed by atoms with Gasteiger partial charge in [0.2, 0.25) is 0 Å². The quantitative estimate of drug-likeness (QED) is 0.410. The third-order valence-electron chi connectivity index (χ3n) is 4.96. The van der Waals surface area contributed by atoms with Gasteiger partial charge in [0.05, 0.1) is 20.3 Å². The van der Waals surface area contributed by atoms with E-state index in [9.17, 15) is 5.11 Å². The van der Waals surface area contributed by atoms with Crippen molar-refractivity contribution in [2.24, 2.45) is 10.4 Å². The molecule has 7 heteroatoms. The van der Waals surface area contributed by atoms with Gasteiger partial charge in [-0.05, 0) is 25.8 Å². The lowest BCUT2D eigenvalue weighted by atomic mass is 9.87. The van der Waals surface area contributed by atoms with E-state index in [0.29, 0.717) is 17.7 Å². The molecule has 0 radical (unpaired) electrons. The number of halogens is 1. The Morgan fingerprint density at radius 1 is 1.44 bits per heavy atom. The highest BCUT2D eigenvalue weighted by atomic mass is 127. The summed E-state index contributed by atoms with van der Waals surface area (Å²) in [4.78, 5) is 7.05. The normalized spacial score (nSPS) is 23.0. The Morgan fingerprint density at radius 3 is 2.96 bits per heavy atom. The summed E-state index contributed by atoms with van der Waals surface area (Å²) in [6.45, 7) is 7.04. The number of benzene rings is 1. The number of aromatic hydroxyl groups is 1. The van der Waals surface area contributed by atoms with Gasteiger partial charge in [0.15, 0.2) is 17.5 Å². The van der Waals surface area contributed by atoms with E-state index in [1.165, 1.54) is 0 Å². The molecule has 2 fully saturated rings. The smallest absolute Gasteiger partial charge is 0.194 e. The lowest BCUT2D eigenvalue weighted by Gasteiger charge is -2.25. The van der Waals surface area contributed by atoms with E-state index in [1.807, 2.05) is 12.1 Å². The molecular weight excluding hydrogens is 433 g/mol. The summed E-state index contributed by atoms with van der Waals surface area (Å²) in [6.07, 6.45) is 2.29. The van der Waals surface area contributed by atoms with Crippen LogP contribution in [0.3, 0.4) is 0 Å². The molecule has 1 spiro atoms. The maximum atomic E-state index is 10.2. The topological polar surface area (TPSA) is 66.3 Å². The number of ether oxygens (including phenoxy) is 2. The van der Waals surface area contributed by atoms with Crippen LogP contribution in [0.1, 0.15) is 25.3 Å². The summed E-state index contributed by atoms with van der Waals surface area (Å²) < 4.78 is 10.8. The number of methoxy groups -OCH3 is 1. The van der Waals surface area contributed by atoms with E-state index in [2.05, 4.69) is 17.1 Å². The van der Waals surface area contributed by atoms with Crippen molar-refractivity contribution in [3.8, 4) is 11.5 Å². The van der Waals surface area contributed by atoms with E-state index < -0.39 is 0 Å². The largest absolute Gasteiger partial charge is 0.504 e. The van der Waals surface area contributed by atoms with Crippen LogP contribution >= 0.6 is 24.0 Å². The van der Waals surface area contributed by atoms with Gasteiger partial charge in [-0.15, -0.1) is 24.0 Å². The van der Waals surface area contributed by atoms with Crippen LogP contribution in [0.4, 0.5) is 0 Å². The van der Waals surface area contributed by atoms with Gasteiger partial charge < -0.3 is 24.8 Å². The van der Waals surface area contributed by atoms with Crippen molar-refractivity contribution in [3.63, 3.8) is 0 Å². The highest BCUT2D eigenvalue weighted by Gasteiger charge is 2.42. The predicted octanol–water partition coefficient (Wildman–Crippen LogP) is 2.60. The van der Waals surface area contributed by atoms with E-state index in [0.717, 1.165) is 57.2 Å². The number of nitrogens with one attached hydrogen (secondary N) is 1. The van der Waals surface area contributed by atoms with Crippen LogP contribution in [-0.2, 0) is 11.3 Å². The van der Waals surface area contributed by atoms with E-state index in [4.69, 9.17) is 14.5 Å². The minimum Gasteiger partial charge on any atom is -0.504 e. The molecule has 2 aliphatic rings. The first kappa shape index (κ1) is 20.1. The molecule has 1 atom stereocenters. The number of hydrogen-bond donors (Lipinski definition) is 2. The number of nitrogens with zero attached hydrogens (tertiary/aromatic N) is 2. The van der Waals surface area contributed by atoms with Crippen molar-refractivity contribution >= 4 is 29.9 Å². The van der Waals surface area contributed by atoms with Crippen molar-refractivity contribution in [1.82, 2.24) is 10.2 Å². The first-order chi connectivity index (χ1) is 11.7. The zero-order chi connectivity index (χ0) is 17.0. The lowest BCUT2D eigenvalue weighted by molar-refractivity contribution is 0.156. The van der Waals surface area contributed by atoms with Crippen LogP contribution in [0, 0.1) is 5.41 Å². The first-order valence-electron chi connectivity index (χ1n) is 8.63. The van der Waals surface area contributed by atoms with Gasteiger partial charge in [-0.25, -0.2) is 4.99 Å². The summed E-state index contributed by atoms with van der Waals surface area (Å²) in [5.41, 5.74) is 1.07. The summed E-state index contributed by atoms with van der Waals surface area (Å²) in [6, 6.07) is 5.50. The minimum absolute atomic E-state index is 0. The minimum atomic E-state index is 0. The molecule has 2 N–H and O–H groups in total. The number of para-hydroxylation sites is 1. The molecule has 2 heterocycles. The van der Waals surface area contributed by atoms with Crippen LogP contribution in [0.15, 0.2) is 23.2 Å². The number of phenolic OH excluding ortho intramolecular Hbond substituents is 1. The molecule has 140 valence electrons.